The lowest BCUT2D eigenvalue weighted by Gasteiger charge is -2.19. The number of nitrogens with one attached hydrogen (secondary N) is 1. The van der Waals surface area contributed by atoms with Gasteiger partial charge >= 0.3 is 6.03 Å². The lowest BCUT2D eigenvalue weighted by molar-refractivity contribution is -0.125. The Bertz CT molecular complexity index is 443. The first-order valence-electron chi connectivity index (χ1n) is 5.49. The van der Waals surface area contributed by atoms with Crippen molar-refractivity contribution in [1.82, 2.24) is 10.2 Å². The molecule has 1 aromatic rings. The molecular weight excluding hydrogens is 218 g/mol. The third-order valence-corrected chi connectivity index (χ3v) is 2.90. The number of hydrogen-bond acceptors (Lipinski definition) is 3. The molecule has 0 bridgehead atoms. The normalized spacial score (nSPS) is 17.2. The first-order valence-corrected chi connectivity index (χ1v) is 5.49. The van der Waals surface area contributed by atoms with Gasteiger partial charge in [-0.2, -0.15) is 0 Å². The van der Waals surface area contributed by atoms with Crippen LogP contribution in [0, 0.1) is 6.92 Å². The van der Waals surface area contributed by atoms with Crippen molar-refractivity contribution in [2.45, 2.75) is 13.0 Å². The van der Waals surface area contributed by atoms with Crippen LogP contribution in [0.4, 0.5) is 4.79 Å². The molecule has 1 saturated heterocycles. The fourth-order valence-electron chi connectivity index (χ4n) is 1.94. The van der Waals surface area contributed by atoms with E-state index in [1.807, 2.05) is 31.2 Å². The molecule has 1 fully saturated rings. The summed E-state index contributed by atoms with van der Waals surface area (Å²) in [6.07, 6.45) is 0. The highest BCUT2D eigenvalue weighted by molar-refractivity contribution is 6.01. The average Bonchev–Trinajstić information content (AvgIpc) is 2.61. The first kappa shape index (κ1) is 11.6. The van der Waals surface area contributed by atoms with Gasteiger partial charge < -0.3 is 11.1 Å². The Morgan fingerprint density at radius 3 is 2.71 bits per heavy atom. The number of nitrogens with zero attached hydrogens (tertiary/aromatic N) is 1. The molecule has 1 unspecified atom stereocenters. The van der Waals surface area contributed by atoms with Crippen molar-refractivity contribution in [3.05, 3.63) is 35.4 Å². The highest BCUT2D eigenvalue weighted by atomic mass is 16.2. The van der Waals surface area contributed by atoms with Gasteiger partial charge in [0.1, 0.15) is 0 Å². The van der Waals surface area contributed by atoms with Gasteiger partial charge in [0, 0.05) is 12.6 Å². The fraction of sp³-hybridized carbons (Fsp3) is 0.333. The zero-order valence-corrected chi connectivity index (χ0v) is 9.64. The molecule has 1 aliphatic heterocycles. The zero-order chi connectivity index (χ0) is 12.4. The van der Waals surface area contributed by atoms with Crippen molar-refractivity contribution in [3.8, 4) is 0 Å². The van der Waals surface area contributed by atoms with Gasteiger partial charge in [-0.1, -0.05) is 24.3 Å². The average molecular weight is 233 g/mol. The minimum Gasteiger partial charge on any atom is -0.329 e. The van der Waals surface area contributed by atoms with Gasteiger partial charge in [0.15, 0.2) is 0 Å². The number of carbonyl (C=O) groups is 2. The molecule has 1 atom stereocenters. The molecule has 0 radical (unpaired) electrons. The minimum atomic E-state index is -0.362. The molecule has 0 aromatic heterocycles. The number of imide groups is 1. The summed E-state index contributed by atoms with van der Waals surface area (Å²) in [5.41, 5.74) is 8.05. The van der Waals surface area contributed by atoms with E-state index in [0.717, 1.165) is 16.0 Å². The summed E-state index contributed by atoms with van der Waals surface area (Å²) in [6, 6.07) is 7.00. The van der Waals surface area contributed by atoms with Crippen molar-refractivity contribution >= 4 is 11.9 Å². The zero-order valence-electron chi connectivity index (χ0n) is 9.64. The molecule has 0 aliphatic carbocycles. The predicted molar refractivity (Wildman–Crippen MR) is 63.2 cm³/mol. The van der Waals surface area contributed by atoms with E-state index < -0.39 is 0 Å². The van der Waals surface area contributed by atoms with E-state index >= 15 is 0 Å². The van der Waals surface area contributed by atoms with Crippen LogP contribution in [0.25, 0.3) is 0 Å². The van der Waals surface area contributed by atoms with Crippen LogP contribution in [0.5, 0.6) is 0 Å². The van der Waals surface area contributed by atoms with Crippen molar-refractivity contribution in [1.29, 1.82) is 0 Å². The molecular formula is C12H15N3O2. The second-order valence-electron chi connectivity index (χ2n) is 4.13. The molecule has 2 rings (SSSR count). The summed E-state index contributed by atoms with van der Waals surface area (Å²) >= 11 is 0. The molecule has 3 amide bonds. The van der Waals surface area contributed by atoms with Crippen LogP contribution in [0.2, 0.25) is 0 Å². The number of benzene rings is 1. The lowest BCUT2D eigenvalue weighted by Crippen LogP contribution is -2.37. The van der Waals surface area contributed by atoms with Gasteiger partial charge in [-0.15, -0.1) is 0 Å². The summed E-state index contributed by atoms with van der Waals surface area (Å²) in [7, 11) is 0. The maximum Gasteiger partial charge on any atom is 0.324 e. The SMILES string of the molecule is Cc1ccccc1C(N)CN1C(=O)CNC1=O. The third-order valence-electron chi connectivity index (χ3n) is 2.90. The highest BCUT2D eigenvalue weighted by Gasteiger charge is 2.30. The minimum absolute atomic E-state index is 0.0688. The van der Waals surface area contributed by atoms with E-state index in [1.54, 1.807) is 0 Å². The number of carbonyl (C=O) groups excluding carboxylic acids is 2. The number of aryl methyl sites for hydroxylation is 1. The number of urea groups is 1. The van der Waals surface area contributed by atoms with Crippen molar-refractivity contribution in [3.63, 3.8) is 0 Å². The van der Waals surface area contributed by atoms with Crippen LogP contribution in [0.15, 0.2) is 24.3 Å². The number of hydrogen-bond donors (Lipinski definition) is 2. The molecule has 90 valence electrons. The molecule has 0 saturated carbocycles. The van der Waals surface area contributed by atoms with Gasteiger partial charge in [0.2, 0.25) is 5.91 Å². The number of rotatable bonds is 3. The summed E-state index contributed by atoms with van der Waals surface area (Å²) in [5, 5.41) is 2.47. The Hall–Kier alpha value is -1.88. The maximum atomic E-state index is 11.4. The Kier molecular flexibility index (Phi) is 3.10. The fourth-order valence-corrected chi connectivity index (χ4v) is 1.94. The Balaban J connectivity index is 2.12. The van der Waals surface area contributed by atoms with E-state index in [1.165, 1.54) is 0 Å². The van der Waals surface area contributed by atoms with Gasteiger partial charge in [-0.3, -0.25) is 9.69 Å². The Morgan fingerprint density at radius 2 is 2.12 bits per heavy atom. The summed E-state index contributed by atoms with van der Waals surface area (Å²) in [4.78, 5) is 24.0. The topological polar surface area (TPSA) is 75.4 Å². The largest absolute Gasteiger partial charge is 0.329 e. The van der Waals surface area contributed by atoms with Crippen molar-refractivity contribution in [2.24, 2.45) is 5.73 Å². The maximum absolute atomic E-state index is 11.4. The molecule has 5 heteroatoms. The van der Waals surface area contributed by atoms with E-state index in [-0.39, 0.29) is 31.1 Å². The quantitative estimate of drug-likeness (QED) is 0.748. The van der Waals surface area contributed by atoms with Crippen LogP contribution in [-0.4, -0.2) is 29.9 Å². The second kappa shape index (κ2) is 4.55. The molecule has 5 nitrogen and oxygen atoms in total. The van der Waals surface area contributed by atoms with E-state index in [9.17, 15) is 9.59 Å². The number of amides is 3. The van der Waals surface area contributed by atoms with Crippen LogP contribution in [0.1, 0.15) is 17.2 Å². The molecule has 0 spiro atoms. The van der Waals surface area contributed by atoms with Crippen LogP contribution >= 0.6 is 0 Å². The summed E-state index contributed by atoms with van der Waals surface area (Å²) in [5.74, 6) is -0.223. The second-order valence-corrected chi connectivity index (χ2v) is 4.13. The van der Waals surface area contributed by atoms with Crippen LogP contribution in [-0.2, 0) is 4.79 Å². The van der Waals surface area contributed by atoms with Gasteiger partial charge in [0.25, 0.3) is 0 Å². The standard InChI is InChI=1S/C12H15N3O2/c1-8-4-2-3-5-9(8)10(13)7-15-11(16)6-14-12(15)17/h2-5,10H,6-7,13H2,1H3,(H,14,17). The van der Waals surface area contributed by atoms with Gasteiger partial charge in [0.05, 0.1) is 6.54 Å². The van der Waals surface area contributed by atoms with Crippen molar-refractivity contribution in [2.75, 3.05) is 13.1 Å². The molecule has 3 N–H and O–H groups in total. The summed E-state index contributed by atoms with van der Waals surface area (Å²) in [6.45, 7) is 2.25. The Morgan fingerprint density at radius 1 is 1.41 bits per heavy atom. The van der Waals surface area contributed by atoms with Crippen molar-refractivity contribution < 1.29 is 9.59 Å². The Labute approximate surface area is 99.6 Å². The van der Waals surface area contributed by atoms with E-state index in [4.69, 9.17) is 5.73 Å². The molecule has 1 aromatic carbocycles. The smallest absolute Gasteiger partial charge is 0.324 e. The van der Waals surface area contributed by atoms with Crippen LogP contribution < -0.4 is 11.1 Å². The third kappa shape index (κ3) is 2.29. The molecule has 1 aliphatic rings. The summed E-state index contributed by atoms with van der Waals surface area (Å²) < 4.78 is 0. The molecule has 1 heterocycles. The van der Waals surface area contributed by atoms with Gasteiger partial charge in [-0.05, 0) is 18.1 Å². The highest BCUT2D eigenvalue weighted by Crippen LogP contribution is 2.17. The lowest BCUT2D eigenvalue weighted by atomic mass is 10.0. The number of nitrogens with two attached hydrogens (primary N) is 1. The molecule has 17 heavy (non-hydrogen) atoms. The first-order chi connectivity index (χ1) is 8.09. The van der Waals surface area contributed by atoms with E-state index in [2.05, 4.69) is 5.32 Å². The van der Waals surface area contributed by atoms with Gasteiger partial charge in [-0.25, -0.2) is 4.79 Å². The van der Waals surface area contributed by atoms with E-state index in [0.29, 0.717) is 0 Å². The predicted octanol–water partition coefficient (Wildman–Crippen LogP) is 0.547. The van der Waals surface area contributed by atoms with Crippen LogP contribution in [0.3, 0.4) is 0 Å². The monoisotopic (exact) mass is 233 g/mol.